The smallest absolute Gasteiger partial charge is 0.214 e. The maximum absolute atomic E-state index is 12.2. The summed E-state index contributed by atoms with van der Waals surface area (Å²) in [5, 5.41) is 10.6. The molecule has 0 aromatic rings. The van der Waals surface area contributed by atoms with E-state index in [2.05, 4.69) is 0 Å². The first kappa shape index (κ1) is 15.2. The van der Waals surface area contributed by atoms with Crippen molar-refractivity contribution in [2.45, 2.75) is 50.5 Å². The minimum absolute atomic E-state index is 0.124. The van der Waals surface area contributed by atoms with Crippen LogP contribution in [0.1, 0.15) is 44.9 Å². The van der Waals surface area contributed by atoms with Crippen molar-refractivity contribution in [1.82, 2.24) is 4.31 Å². The highest BCUT2D eigenvalue weighted by Crippen LogP contribution is 2.40. The summed E-state index contributed by atoms with van der Waals surface area (Å²) < 4.78 is 26.1. The van der Waals surface area contributed by atoms with Crippen molar-refractivity contribution in [2.24, 2.45) is 11.7 Å². The van der Waals surface area contributed by atoms with Gasteiger partial charge in [0, 0.05) is 19.0 Å². The third kappa shape index (κ3) is 3.48. The summed E-state index contributed by atoms with van der Waals surface area (Å²) in [5.41, 5.74) is 4.79. The van der Waals surface area contributed by atoms with E-state index in [0.29, 0.717) is 32.5 Å². The standard InChI is InChI=1S/C13H26N2O3S/c14-8-3-4-10-19(17,18)15-9-7-13(16)6-2-1-5-12(13)11-15/h12,16H,1-11,14H2. The van der Waals surface area contributed by atoms with Gasteiger partial charge in [-0.1, -0.05) is 12.8 Å². The van der Waals surface area contributed by atoms with Crippen LogP contribution in [0.5, 0.6) is 0 Å². The van der Waals surface area contributed by atoms with E-state index in [0.717, 1.165) is 32.1 Å². The fraction of sp³-hybridized carbons (Fsp3) is 1.00. The molecule has 1 aliphatic heterocycles. The van der Waals surface area contributed by atoms with E-state index in [1.165, 1.54) is 0 Å². The van der Waals surface area contributed by atoms with Crippen LogP contribution < -0.4 is 5.73 Å². The number of unbranched alkanes of at least 4 members (excludes halogenated alkanes) is 1. The van der Waals surface area contributed by atoms with Gasteiger partial charge in [0.15, 0.2) is 0 Å². The Morgan fingerprint density at radius 2 is 2.05 bits per heavy atom. The maximum atomic E-state index is 12.2. The molecule has 5 nitrogen and oxygen atoms in total. The minimum atomic E-state index is -3.17. The summed E-state index contributed by atoms with van der Waals surface area (Å²) >= 11 is 0. The highest BCUT2D eigenvalue weighted by molar-refractivity contribution is 7.89. The first-order valence-corrected chi connectivity index (χ1v) is 8.99. The lowest BCUT2D eigenvalue weighted by Gasteiger charge is -2.46. The molecule has 0 spiro atoms. The molecule has 2 fully saturated rings. The Morgan fingerprint density at radius 1 is 1.26 bits per heavy atom. The molecule has 19 heavy (non-hydrogen) atoms. The number of hydrogen-bond acceptors (Lipinski definition) is 4. The monoisotopic (exact) mass is 290 g/mol. The van der Waals surface area contributed by atoms with E-state index in [4.69, 9.17) is 5.73 Å². The quantitative estimate of drug-likeness (QED) is 0.729. The largest absolute Gasteiger partial charge is 0.390 e. The Morgan fingerprint density at radius 3 is 2.79 bits per heavy atom. The molecule has 1 aliphatic carbocycles. The zero-order valence-corrected chi connectivity index (χ0v) is 12.4. The van der Waals surface area contributed by atoms with Crippen LogP contribution in [-0.2, 0) is 10.0 Å². The van der Waals surface area contributed by atoms with Gasteiger partial charge in [0.05, 0.1) is 11.4 Å². The number of piperidine rings is 1. The van der Waals surface area contributed by atoms with E-state index in [1.54, 1.807) is 4.31 Å². The predicted molar refractivity (Wildman–Crippen MR) is 75.2 cm³/mol. The molecule has 0 amide bonds. The van der Waals surface area contributed by atoms with Gasteiger partial charge in [0.1, 0.15) is 0 Å². The number of hydrogen-bond donors (Lipinski definition) is 2. The second kappa shape index (κ2) is 6.08. The van der Waals surface area contributed by atoms with E-state index in [1.807, 2.05) is 0 Å². The molecule has 0 bridgehead atoms. The van der Waals surface area contributed by atoms with Crippen molar-refractivity contribution in [3.8, 4) is 0 Å². The van der Waals surface area contributed by atoms with Crippen molar-refractivity contribution in [3.63, 3.8) is 0 Å². The lowest BCUT2D eigenvalue weighted by molar-refractivity contribution is -0.0816. The molecule has 0 aromatic heterocycles. The Labute approximate surface area is 116 Å². The van der Waals surface area contributed by atoms with Gasteiger partial charge in [0.2, 0.25) is 10.0 Å². The second-order valence-electron chi connectivity index (χ2n) is 5.97. The fourth-order valence-corrected chi connectivity index (χ4v) is 4.95. The molecule has 1 heterocycles. The van der Waals surface area contributed by atoms with Crippen LogP contribution in [0.15, 0.2) is 0 Å². The van der Waals surface area contributed by atoms with Gasteiger partial charge >= 0.3 is 0 Å². The fourth-order valence-electron chi connectivity index (χ4n) is 3.35. The molecule has 1 saturated carbocycles. The number of fused-ring (bicyclic) bond motifs is 1. The predicted octanol–water partition coefficient (Wildman–Crippen LogP) is 0.682. The minimum Gasteiger partial charge on any atom is -0.390 e. The van der Waals surface area contributed by atoms with Crippen LogP contribution >= 0.6 is 0 Å². The summed E-state index contributed by atoms with van der Waals surface area (Å²) in [5.74, 6) is 0.314. The summed E-state index contributed by atoms with van der Waals surface area (Å²) in [6.45, 7) is 1.51. The Kier molecular flexibility index (Phi) is 4.87. The van der Waals surface area contributed by atoms with E-state index in [9.17, 15) is 13.5 Å². The zero-order valence-electron chi connectivity index (χ0n) is 11.6. The van der Waals surface area contributed by atoms with Gasteiger partial charge in [-0.2, -0.15) is 0 Å². The molecule has 6 heteroatoms. The molecule has 2 aliphatic rings. The van der Waals surface area contributed by atoms with Gasteiger partial charge in [0.25, 0.3) is 0 Å². The van der Waals surface area contributed by atoms with Crippen LogP contribution in [0.25, 0.3) is 0 Å². The third-order valence-electron chi connectivity index (χ3n) is 4.64. The van der Waals surface area contributed by atoms with Crippen molar-refractivity contribution in [1.29, 1.82) is 0 Å². The Balaban J connectivity index is 1.96. The second-order valence-corrected chi connectivity index (χ2v) is 8.05. The Bertz CT molecular complexity index is 399. The molecule has 2 atom stereocenters. The average Bonchev–Trinajstić information content (AvgIpc) is 2.37. The highest BCUT2D eigenvalue weighted by Gasteiger charge is 2.44. The van der Waals surface area contributed by atoms with E-state index < -0.39 is 15.6 Å². The van der Waals surface area contributed by atoms with Crippen molar-refractivity contribution >= 4 is 10.0 Å². The average molecular weight is 290 g/mol. The van der Waals surface area contributed by atoms with Crippen LogP contribution in [0.2, 0.25) is 0 Å². The normalized spacial score (nSPS) is 33.1. The van der Waals surface area contributed by atoms with Crippen LogP contribution in [-0.4, -0.2) is 48.8 Å². The molecule has 1 saturated heterocycles. The summed E-state index contributed by atoms with van der Waals surface area (Å²) in [7, 11) is -3.17. The molecule has 0 radical (unpaired) electrons. The summed E-state index contributed by atoms with van der Waals surface area (Å²) in [4.78, 5) is 0. The van der Waals surface area contributed by atoms with Gasteiger partial charge < -0.3 is 10.8 Å². The van der Waals surface area contributed by atoms with Crippen LogP contribution in [0.3, 0.4) is 0 Å². The van der Waals surface area contributed by atoms with Gasteiger partial charge in [-0.25, -0.2) is 12.7 Å². The third-order valence-corrected chi connectivity index (χ3v) is 6.56. The number of nitrogens with two attached hydrogens (primary N) is 1. The van der Waals surface area contributed by atoms with E-state index in [-0.39, 0.29) is 11.7 Å². The first-order valence-electron chi connectivity index (χ1n) is 7.38. The zero-order chi connectivity index (χ0) is 13.9. The van der Waals surface area contributed by atoms with Crippen LogP contribution in [0, 0.1) is 5.92 Å². The van der Waals surface area contributed by atoms with Crippen molar-refractivity contribution in [3.05, 3.63) is 0 Å². The summed E-state index contributed by atoms with van der Waals surface area (Å²) in [6.07, 6.45) is 5.92. The highest BCUT2D eigenvalue weighted by atomic mass is 32.2. The van der Waals surface area contributed by atoms with E-state index >= 15 is 0 Å². The number of nitrogens with zero attached hydrogens (tertiary/aromatic N) is 1. The van der Waals surface area contributed by atoms with Gasteiger partial charge in [-0.05, 0) is 38.6 Å². The molecule has 2 rings (SSSR count). The van der Waals surface area contributed by atoms with Gasteiger partial charge in [-0.3, -0.25) is 0 Å². The maximum Gasteiger partial charge on any atom is 0.214 e. The lowest BCUT2D eigenvalue weighted by atomic mass is 9.72. The molecule has 112 valence electrons. The van der Waals surface area contributed by atoms with Crippen molar-refractivity contribution < 1.29 is 13.5 Å². The SMILES string of the molecule is NCCCCS(=O)(=O)N1CCC2(O)CCCCC2C1. The van der Waals surface area contributed by atoms with Gasteiger partial charge in [-0.15, -0.1) is 0 Å². The number of sulfonamides is 1. The molecule has 2 unspecified atom stereocenters. The topological polar surface area (TPSA) is 83.6 Å². The Hall–Kier alpha value is -0.170. The van der Waals surface area contributed by atoms with Crippen molar-refractivity contribution in [2.75, 3.05) is 25.4 Å². The molecule has 3 N–H and O–H groups in total. The molecule has 0 aromatic carbocycles. The number of aliphatic hydroxyl groups is 1. The molecular weight excluding hydrogens is 264 g/mol. The van der Waals surface area contributed by atoms with Crippen LogP contribution in [0.4, 0.5) is 0 Å². The summed E-state index contributed by atoms with van der Waals surface area (Å²) in [6, 6.07) is 0. The lowest BCUT2D eigenvalue weighted by Crippen LogP contribution is -2.54. The number of rotatable bonds is 5. The molecular formula is C13H26N2O3S. The first-order chi connectivity index (χ1) is 8.98.